The number of benzene rings is 2. The summed E-state index contributed by atoms with van der Waals surface area (Å²) >= 11 is 4.71. The van der Waals surface area contributed by atoms with Crippen molar-refractivity contribution in [3.05, 3.63) is 101 Å². The maximum atomic E-state index is 14.1. The average Bonchev–Trinajstić information content (AvgIpc) is 3.57. The first-order valence-electron chi connectivity index (χ1n) is 13.2. The van der Waals surface area contributed by atoms with Crippen molar-refractivity contribution >= 4 is 39.2 Å². The van der Waals surface area contributed by atoms with Gasteiger partial charge >= 0.3 is 0 Å². The summed E-state index contributed by atoms with van der Waals surface area (Å²) in [6.45, 7) is 6.72. The summed E-state index contributed by atoms with van der Waals surface area (Å²) in [5.74, 6) is 2.18. The summed E-state index contributed by atoms with van der Waals surface area (Å²) in [6.07, 6.45) is 1.72. The van der Waals surface area contributed by atoms with Crippen LogP contribution in [0, 0.1) is 0 Å². The van der Waals surface area contributed by atoms with Crippen molar-refractivity contribution in [1.82, 2.24) is 9.47 Å². The van der Waals surface area contributed by atoms with Crippen molar-refractivity contribution in [3.63, 3.8) is 0 Å². The number of furan rings is 1. The van der Waals surface area contributed by atoms with E-state index < -0.39 is 6.04 Å². The van der Waals surface area contributed by atoms with E-state index in [2.05, 4.69) is 15.9 Å². The highest BCUT2D eigenvalue weighted by Gasteiger charge is 2.36. The maximum Gasteiger partial charge on any atom is 0.271 e. The predicted octanol–water partition coefficient (Wildman–Crippen LogP) is 5.14. The minimum absolute atomic E-state index is 0.175. The molecule has 4 aromatic rings. The summed E-state index contributed by atoms with van der Waals surface area (Å²) < 4.78 is 20.3. The normalized spacial score (nSPS) is 15.0. The molecular weight excluding hydrogens is 606 g/mol. The van der Waals surface area contributed by atoms with Crippen molar-refractivity contribution in [3.8, 4) is 22.8 Å². The zero-order chi connectivity index (χ0) is 29.3. The van der Waals surface area contributed by atoms with Gasteiger partial charge in [-0.2, -0.15) is 0 Å². The monoisotopic (exact) mass is 635 g/mol. The third-order valence-electron chi connectivity index (χ3n) is 7.06. The molecule has 0 spiro atoms. The Morgan fingerprint density at radius 3 is 2.49 bits per heavy atom. The van der Waals surface area contributed by atoms with Crippen molar-refractivity contribution in [2.24, 2.45) is 4.99 Å². The number of hydrogen-bond acceptors (Lipinski definition) is 7. The lowest BCUT2D eigenvalue weighted by molar-refractivity contribution is -0.127. The minimum Gasteiger partial charge on any atom is -0.497 e. The van der Waals surface area contributed by atoms with Gasteiger partial charge in [0, 0.05) is 34.8 Å². The van der Waals surface area contributed by atoms with E-state index in [0.29, 0.717) is 62.3 Å². The third kappa shape index (κ3) is 5.41. The number of carbonyl (C=O) groups excluding carboxylic acids is 1. The van der Waals surface area contributed by atoms with Gasteiger partial charge in [0.2, 0.25) is 0 Å². The van der Waals surface area contributed by atoms with Gasteiger partial charge in [0.05, 0.1) is 30.0 Å². The molecule has 1 atom stereocenters. The van der Waals surface area contributed by atoms with Crippen LogP contribution in [-0.4, -0.2) is 42.7 Å². The fourth-order valence-corrected chi connectivity index (χ4v) is 6.24. The van der Waals surface area contributed by atoms with E-state index in [1.54, 1.807) is 41.9 Å². The SMILES string of the molecule is CCN(CC)C(=O)C1=C(C)N=c2s/c(=C/c3ccc(-c4ccc(Br)cc4)o3)c(=O)n2[C@H]1c1cc(OC)ccc1OC. The number of hydrogen-bond donors (Lipinski definition) is 0. The van der Waals surface area contributed by atoms with Gasteiger partial charge in [-0.25, -0.2) is 4.99 Å². The number of methoxy groups -OCH3 is 2. The molecule has 212 valence electrons. The number of fused-ring (bicyclic) bond motifs is 1. The number of aromatic nitrogens is 1. The summed E-state index contributed by atoms with van der Waals surface area (Å²) in [5.41, 5.74) is 2.27. The van der Waals surface area contributed by atoms with Gasteiger partial charge in [-0.05, 0) is 63.2 Å². The second-order valence-electron chi connectivity index (χ2n) is 9.38. The fourth-order valence-electron chi connectivity index (χ4n) is 4.95. The molecule has 0 radical (unpaired) electrons. The molecule has 0 bridgehead atoms. The number of amides is 1. The van der Waals surface area contributed by atoms with Gasteiger partial charge < -0.3 is 18.8 Å². The predicted molar refractivity (Wildman–Crippen MR) is 163 cm³/mol. The zero-order valence-corrected chi connectivity index (χ0v) is 25.8. The fraction of sp³-hybridized carbons (Fsp3) is 0.258. The van der Waals surface area contributed by atoms with Crippen LogP contribution in [-0.2, 0) is 4.79 Å². The van der Waals surface area contributed by atoms with Crippen LogP contribution < -0.4 is 24.4 Å². The van der Waals surface area contributed by atoms with Crippen molar-refractivity contribution in [2.75, 3.05) is 27.3 Å². The molecule has 3 heterocycles. The van der Waals surface area contributed by atoms with Crippen LogP contribution in [0.25, 0.3) is 17.4 Å². The van der Waals surface area contributed by atoms with E-state index in [9.17, 15) is 9.59 Å². The van der Waals surface area contributed by atoms with Crippen LogP contribution in [0.3, 0.4) is 0 Å². The molecule has 10 heteroatoms. The molecule has 1 amide bonds. The first kappa shape index (κ1) is 28.6. The summed E-state index contributed by atoms with van der Waals surface area (Å²) in [4.78, 5) is 34.9. The van der Waals surface area contributed by atoms with Crippen molar-refractivity contribution in [2.45, 2.75) is 26.8 Å². The first-order valence-corrected chi connectivity index (χ1v) is 14.8. The molecule has 1 aliphatic heterocycles. The first-order chi connectivity index (χ1) is 19.8. The molecule has 1 aliphatic rings. The van der Waals surface area contributed by atoms with Gasteiger partial charge in [-0.3, -0.25) is 14.2 Å². The van der Waals surface area contributed by atoms with E-state index in [0.717, 1.165) is 10.0 Å². The highest BCUT2D eigenvalue weighted by Crippen LogP contribution is 2.38. The molecule has 0 aliphatic carbocycles. The number of rotatable bonds is 8. The largest absolute Gasteiger partial charge is 0.497 e. The molecular formula is C31H30BrN3O5S. The highest BCUT2D eigenvalue weighted by molar-refractivity contribution is 9.10. The molecule has 2 aromatic carbocycles. The van der Waals surface area contributed by atoms with E-state index in [1.807, 2.05) is 63.2 Å². The van der Waals surface area contributed by atoms with E-state index in [-0.39, 0.29) is 11.5 Å². The van der Waals surface area contributed by atoms with Crippen LogP contribution in [0.5, 0.6) is 11.5 Å². The van der Waals surface area contributed by atoms with E-state index in [1.165, 1.54) is 11.3 Å². The molecule has 41 heavy (non-hydrogen) atoms. The van der Waals surface area contributed by atoms with Gasteiger partial charge in [-0.15, -0.1) is 0 Å². The number of carbonyl (C=O) groups is 1. The highest BCUT2D eigenvalue weighted by atomic mass is 79.9. The molecule has 5 rings (SSSR count). The lowest BCUT2D eigenvalue weighted by atomic mass is 9.93. The molecule has 0 saturated carbocycles. The number of likely N-dealkylation sites (N-methyl/N-ethyl adjacent to an activating group) is 1. The Bertz CT molecular complexity index is 1810. The van der Waals surface area contributed by atoms with Crippen molar-refractivity contribution in [1.29, 1.82) is 0 Å². The number of halogens is 1. The molecule has 0 fully saturated rings. The Hall–Kier alpha value is -3.89. The number of allylic oxidation sites excluding steroid dienone is 1. The summed E-state index contributed by atoms with van der Waals surface area (Å²) in [6, 6.07) is 16.1. The molecule has 0 N–H and O–H groups in total. The average molecular weight is 637 g/mol. The van der Waals surface area contributed by atoms with Crippen LogP contribution in [0.4, 0.5) is 0 Å². The second kappa shape index (κ2) is 11.9. The maximum absolute atomic E-state index is 14.1. The summed E-state index contributed by atoms with van der Waals surface area (Å²) in [7, 11) is 3.14. The zero-order valence-electron chi connectivity index (χ0n) is 23.4. The van der Waals surface area contributed by atoms with Gasteiger partial charge in [-0.1, -0.05) is 39.4 Å². The summed E-state index contributed by atoms with van der Waals surface area (Å²) in [5, 5.41) is 0. The van der Waals surface area contributed by atoms with Crippen LogP contribution in [0.15, 0.2) is 84.5 Å². The number of nitrogens with zero attached hydrogens (tertiary/aromatic N) is 3. The van der Waals surface area contributed by atoms with Crippen molar-refractivity contribution < 1.29 is 18.7 Å². The molecule has 2 aromatic heterocycles. The molecule has 0 unspecified atom stereocenters. The lowest BCUT2D eigenvalue weighted by Crippen LogP contribution is -2.43. The van der Waals surface area contributed by atoms with E-state index in [4.69, 9.17) is 18.9 Å². The lowest BCUT2D eigenvalue weighted by Gasteiger charge is -2.30. The van der Waals surface area contributed by atoms with Crippen LogP contribution >= 0.6 is 27.3 Å². The van der Waals surface area contributed by atoms with Gasteiger partial charge in [0.1, 0.15) is 29.1 Å². The Morgan fingerprint density at radius 2 is 1.83 bits per heavy atom. The molecule has 0 saturated heterocycles. The number of ether oxygens (including phenoxy) is 2. The Balaban J connectivity index is 1.70. The smallest absolute Gasteiger partial charge is 0.271 e. The third-order valence-corrected chi connectivity index (χ3v) is 8.57. The Kier molecular flexibility index (Phi) is 8.32. The molecule has 8 nitrogen and oxygen atoms in total. The van der Waals surface area contributed by atoms with Gasteiger partial charge in [0.15, 0.2) is 4.80 Å². The standard InChI is InChI=1S/C31H30BrN3O5S/c1-6-34(7-2)30(37)27-18(3)33-31-35(28(27)23-16-21(38-4)12-15-25(23)39-5)29(36)26(41-31)17-22-13-14-24(40-22)19-8-10-20(32)11-9-19/h8-17,28H,6-7H2,1-5H3/b26-17+/t28-/m0/s1. The van der Waals surface area contributed by atoms with E-state index >= 15 is 0 Å². The number of thiazole rings is 1. The topological polar surface area (TPSA) is 86.3 Å². The second-order valence-corrected chi connectivity index (χ2v) is 11.3. The van der Waals surface area contributed by atoms with Gasteiger partial charge in [0.25, 0.3) is 11.5 Å². The Labute approximate surface area is 250 Å². The van der Waals surface area contributed by atoms with Crippen LogP contribution in [0.1, 0.15) is 38.1 Å². The quantitative estimate of drug-likeness (QED) is 0.267. The minimum atomic E-state index is -0.763. The van der Waals surface area contributed by atoms with Crippen LogP contribution in [0.2, 0.25) is 0 Å². The Morgan fingerprint density at radius 1 is 1.10 bits per heavy atom.